The molecule has 1 heterocycles. The number of rotatable bonds is 4. The van der Waals surface area contributed by atoms with Crippen LogP contribution in [0.25, 0.3) is 0 Å². The van der Waals surface area contributed by atoms with Crippen LogP contribution in [0, 0.1) is 11.8 Å². The summed E-state index contributed by atoms with van der Waals surface area (Å²) in [5.41, 5.74) is 0. The van der Waals surface area contributed by atoms with E-state index in [1.807, 2.05) is 0 Å². The molecule has 0 bridgehead atoms. The summed E-state index contributed by atoms with van der Waals surface area (Å²) in [7, 11) is 0. The third-order valence-corrected chi connectivity index (χ3v) is 2.82. The van der Waals surface area contributed by atoms with Gasteiger partial charge in [-0.1, -0.05) is 6.92 Å². The SMILES string of the molecule is CC(CCCO)C1CCCOC1. The Hall–Kier alpha value is -0.0800. The molecular weight excluding hydrogens is 152 g/mol. The van der Waals surface area contributed by atoms with Crippen LogP contribution in [0.4, 0.5) is 0 Å². The van der Waals surface area contributed by atoms with Crippen molar-refractivity contribution in [2.24, 2.45) is 11.8 Å². The zero-order valence-corrected chi connectivity index (χ0v) is 7.96. The van der Waals surface area contributed by atoms with Gasteiger partial charge in [-0.25, -0.2) is 0 Å². The second-order valence-corrected chi connectivity index (χ2v) is 3.82. The summed E-state index contributed by atoms with van der Waals surface area (Å²) in [4.78, 5) is 0. The summed E-state index contributed by atoms with van der Waals surface area (Å²) in [6, 6.07) is 0. The lowest BCUT2D eigenvalue weighted by molar-refractivity contribution is 0.0311. The van der Waals surface area contributed by atoms with Crippen LogP contribution in [0.5, 0.6) is 0 Å². The molecule has 72 valence electrons. The number of hydrogen-bond donors (Lipinski definition) is 1. The molecule has 0 aromatic heterocycles. The second kappa shape index (κ2) is 5.55. The molecule has 2 unspecified atom stereocenters. The van der Waals surface area contributed by atoms with E-state index in [1.54, 1.807) is 0 Å². The van der Waals surface area contributed by atoms with Gasteiger partial charge in [0.05, 0.1) is 0 Å². The van der Waals surface area contributed by atoms with E-state index in [2.05, 4.69) is 6.92 Å². The van der Waals surface area contributed by atoms with Gasteiger partial charge in [-0.3, -0.25) is 0 Å². The monoisotopic (exact) mass is 172 g/mol. The number of ether oxygens (including phenoxy) is 1. The third kappa shape index (κ3) is 3.11. The van der Waals surface area contributed by atoms with Crippen LogP contribution in [0.1, 0.15) is 32.6 Å². The first-order chi connectivity index (χ1) is 5.84. The maximum atomic E-state index is 8.68. The van der Waals surface area contributed by atoms with E-state index in [-0.39, 0.29) is 0 Å². The van der Waals surface area contributed by atoms with Crippen LogP contribution in [0.2, 0.25) is 0 Å². The standard InChI is InChI=1S/C10H20O2/c1-9(4-2-6-11)10-5-3-7-12-8-10/h9-11H,2-8H2,1H3. The molecule has 2 atom stereocenters. The maximum absolute atomic E-state index is 8.68. The molecule has 0 amide bonds. The summed E-state index contributed by atoms with van der Waals surface area (Å²) in [5, 5.41) is 8.68. The summed E-state index contributed by atoms with van der Waals surface area (Å²) in [5.74, 6) is 1.46. The van der Waals surface area contributed by atoms with E-state index in [0.717, 1.165) is 37.9 Å². The molecular formula is C10H20O2. The first-order valence-electron chi connectivity index (χ1n) is 5.03. The minimum Gasteiger partial charge on any atom is -0.396 e. The fourth-order valence-electron chi connectivity index (χ4n) is 1.86. The fourth-order valence-corrected chi connectivity index (χ4v) is 1.86. The Morgan fingerprint density at radius 1 is 1.58 bits per heavy atom. The number of aliphatic hydroxyl groups excluding tert-OH is 1. The maximum Gasteiger partial charge on any atom is 0.0496 e. The first-order valence-corrected chi connectivity index (χ1v) is 5.03. The molecule has 0 saturated carbocycles. The highest BCUT2D eigenvalue weighted by molar-refractivity contribution is 4.69. The quantitative estimate of drug-likeness (QED) is 0.701. The smallest absolute Gasteiger partial charge is 0.0496 e. The van der Waals surface area contributed by atoms with Crippen molar-refractivity contribution in [3.63, 3.8) is 0 Å². The Bertz CT molecular complexity index is 108. The van der Waals surface area contributed by atoms with Crippen molar-refractivity contribution >= 4 is 0 Å². The van der Waals surface area contributed by atoms with E-state index in [0.29, 0.717) is 6.61 Å². The summed E-state index contributed by atoms with van der Waals surface area (Å²) in [6.45, 7) is 4.49. The van der Waals surface area contributed by atoms with E-state index in [9.17, 15) is 0 Å². The van der Waals surface area contributed by atoms with E-state index in [1.165, 1.54) is 12.8 Å². The normalized spacial score (nSPS) is 27.0. The Kier molecular flexibility index (Phi) is 4.62. The Labute approximate surface area is 74.9 Å². The van der Waals surface area contributed by atoms with Gasteiger partial charge < -0.3 is 9.84 Å². The lowest BCUT2D eigenvalue weighted by atomic mass is 9.86. The molecule has 12 heavy (non-hydrogen) atoms. The molecule has 0 radical (unpaired) electrons. The zero-order valence-electron chi connectivity index (χ0n) is 7.96. The van der Waals surface area contributed by atoms with Crippen molar-refractivity contribution in [2.75, 3.05) is 19.8 Å². The molecule has 0 aromatic rings. The summed E-state index contributed by atoms with van der Waals surface area (Å²) in [6.07, 6.45) is 4.61. The van der Waals surface area contributed by atoms with Crippen LogP contribution < -0.4 is 0 Å². The Balaban J connectivity index is 2.15. The van der Waals surface area contributed by atoms with Gasteiger partial charge in [0.1, 0.15) is 0 Å². The van der Waals surface area contributed by atoms with Gasteiger partial charge in [0.15, 0.2) is 0 Å². The minimum atomic E-state index is 0.331. The van der Waals surface area contributed by atoms with Gasteiger partial charge in [0.25, 0.3) is 0 Å². The fraction of sp³-hybridized carbons (Fsp3) is 1.00. The topological polar surface area (TPSA) is 29.5 Å². The summed E-state index contributed by atoms with van der Waals surface area (Å²) >= 11 is 0. The van der Waals surface area contributed by atoms with Crippen molar-refractivity contribution in [1.29, 1.82) is 0 Å². The minimum absolute atomic E-state index is 0.331. The van der Waals surface area contributed by atoms with Crippen LogP contribution in [0.15, 0.2) is 0 Å². The van der Waals surface area contributed by atoms with Gasteiger partial charge in [-0.2, -0.15) is 0 Å². The molecule has 2 nitrogen and oxygen atoms in total. The molecule has 0 aliphatic carbocycles. The lowest BCUT2D eigenvalue weighted by Gasteiger charge is -2.27. The highest BCUT2D eigenvalue weighted by Crippen LogP contribution is 2.25. The largest absolute Gasteiger partial charge is 0.396 e. The molecule has 2 heteroatoms. The van der Waals surface area contributed by atoms with Crippen LogP contribution in [0.3, 0.4) is 0 Å². The lowest BCUT2D eigenvalue weighted by Crippen LogP contribution is -2.23. The molecule has 1 aliphatic rings. The average molecular weight is 172 g/mol. The van der Waals surface area contributed by atoms with Crippen LogP contribution in [-0.2, 0) is 4.74 Å². The predicted molar refractivity (Wildman–Crippen MR) is 49.0 cm³/mol. The van der Waals surface area contributed by atoms with Crippen LogP contribution in [-0.4, -0.2) is 24.9 Å². The molecule has 1 aliphatic heterocycles. The van der Waals surface area contributed by atoms with Gasteiger partial charge in [0, 0.05) is 19.8 Å². The van der Waals surface area contributed by atoms with Gasteiger partial charge in [-0.05, 0) is 37.5 Å². The average Bonchev–Trinajstić information content (AvgIpc) is 2.15. The highest BCUT2D eigenvalue weighted by Gasteiger charge is 2.19. The zero-order chi connectivity index (χ0) is 8.81. The second-order valence-electron chi connectivity index (χ2n) is 3.82. The van der Waals surface area contributed by atoms with Crippen molar-refractivity contribution in [3.05, 3.63) is 0 Å². The van der Waals surface area contributed by atoms with Gasteiger partial charge in [-0.15, -0.1) is 0 Å². The van der Waals surface area contributed by atoms with Crippen molar-refractivity contribution < 1.29 is 9.84 Å². The molecule has 1 fully saturated rings. The van der Waals surface area contributed by atoms with Crippen LogP contribution >= 0.6 is 0 Å². The van der Waals surface area contributed by atoms with Gasteiger partial charge >= 0.3 is 0 Å². The van der Waals surface area contributed by atoms with Gasteiger partial charge in [0.2, 0.25) is 0 Å². The molecule has 1 N–H and O–H groups in total. The molecule has 0 spiro atoms. The third-order valence-electron chi connectivity index (χ3n) is 2.82. The Morgan fingerprint density at radius 3 is 3.00 bits per heavy atom. The first kappa shape index (κ1) is 10.0. The Morgan fingerprint density at radius 2 is 2.42 bits per heavy atom. The number of hydrogen-bond acceptors (Lipinski definition) is 2. The van der Waals surface area contributed by atoms with Crippen molar-refractivity contribution in [3.8, 4) is 0 Å². The van der Waals surface area contributed by atoms with E-state index < -0.39 is 0 Å². The van der Waals surface area contributed by atoms with E-state index in [4.69, 9.17) is 9.84 Å². The predicted octanol–water partition coefficient (Wildman–Crippen LogP) is 1.82. The van der Waals surface area contributed by atoms with Crippen molar-refractivity contribution in [2.45, 2.75) is 32.6 Å². The number of aliphatic hydroxyl groups is 1. The molecule has 1 rings (SSSR count). The van der Waals surface area contributed by atoms with Crippen molar-refractivity contribution in [1.82, 2.24) is 0 Å². The van der Waals surface area contributed by atoms with E-state index >= 15 is 0 Å². The highest BCUT2D eigenvalue weighted by atomic mass is 16.5. The summed E-state index contributed by atoms with van der Waals surface area (Å²) < 4.78 is 5.42. The molecule has 0 aromatic carbocycles. The molecule has 1 saturated heterocycles.